The van der Waals surface area contributed by atoms with Gasteiger partial charge in [0.1, 0.15) is 5.58 Å². The lowest BCUT2D eigenvalue weighted by Crippen LogP contribution is -2.22. The van der Waals surface area contributed by atoms with Crippen molar-refractivity contribution in [3.05, 3.63) is 91.6 Å². The largest absolute Gasteiger partial charge is 0.476 e. The van der Waals surface area contributed by atoms with E-state index in [0.717, 1.165) is 16.7 Å². The molecule has 0 aliphatic rings. The lowest BCUT2D eigenvalue weighted by molar-refractivity contribution is -0.118. The Hall–Kier alpha value is -3.28. The highest BCUT2D eigenvalue weighted by molar-refractivity contribution is 6.35. The summed E-state index contributed by atoms with van der Waals surface area (Å²) in [6.07, 6.45) is 0. The molecule has 0 fully saturated rings. The van der Waals surface area contributed by atoms with Crippen LogP contribution in [0.5, 0.6) is 5.75 Å². The van der Waals surface area contributed by atoms with E-state index in [1.165, 1.54) is 0 Å². The van der Waals surface area contributed by atoms with E-state index in [9.17, 15) is 9.59 Å². The molecular weight excluding hydrogens is 461 g/mol. The van der Waals surface area contributed by atoms with Gasteiger partial charge in [0.05, 0.1) is 5.39 Å². The van der Waals surface area contributed by atoms with Gasteiger partial charge in [0.25, 0.3) is 5.91 Å². The van der Waals surface area contributed by atoms with Crippen LogP contribution in [-0.2, 0) is 4.79 Å². The van der Waals surface area contributed by atoms with Crippen LogP contribution in [0.25, 0.3) is 22.3 Å². The minimum atomic E-state index is -0.470. The summed E-state index contributed by atoms with van der Waals surface area (Å²) in [5.74, 6) is -0.217. The maximum absolute atomic E-state index is 13.4. The maximum atomic E-state index is 13.4. The van der Waals surface area contributed by atoms with E-state index in [2.05, 4.69) is 5.32 Å². The molecule has 168 valence electrons. The van der Waals surface area contributed by atoms with Gasteiger partial charge in [0.2, 0.25) is 11.2 Å². The standard InChI is InChI=1S/C26H21Cl2NO4/c1-14-4-6-17(7-5-14)25-26(24(31)21-8-15(2)16(3)9-22(21)33-25)32-13-23(30)29-20-11-18(27)10-19(28)12-20/h4-12H,13H2,1-3H3,(H,29,30). The van der Waals surface area contributed by atoms with Crippen molar-refractivity contribution >= 4 is 45.8 Å². The zero-order valence-corrected chi connectivity index (χ0v) is 19.8. The van der Waals surface area contributed by atoms with E-state index in [1.54, 1.807) is 24.3 Å². The highest BCUT2D eigenvalue weighted by Gasteiger charge is 2.19. The Kier molecular flexibility index (Phi) is 6.45. The third kappa shape index (κ3) is 5.05. The Bertz CT molecular complexity index is 1410. The van der Waals surface area contributed by atoms with E-state index in [4.69, 9.17) is 32.4 Å². The number of carbonyl (C=O) groups excluding carboxylic acids is 1. The number of halogens is 2. The van der Waals surface area contributed by atoms with Crippen LogP contribution in [0.4, 0.5) is 5.69 Å². The molecule has 0 radical (unpaired) electrons. The molecule has 33 heavy (non-hydrogen) atoms. The minimum absolute atomic E-state index is 0.0196. The highest BCUT2D eigenvalue weighted by atomic mass is 35.5. The van der Waals surface area contributed by atoms with Crippen LogP contribution in [0.2, 0.25) is 10.0 Å². The summed E-state index contributed by atoms with van der Waals surface area (Å²) in [4.78, 5) is 25.9. The number of amides is 1. The van der Waals surface area contributed by atoms with E-state index >= 15 is 0 Å². The van der Waals surface area contributed by atoms with Crippen LogP contribution in [0, 0.1) is 20.8 Å². The smallest absolute Gasteiger partial charge is 0.262 e. The third-order valence-electron chi connectivity index (χ3n) is 5.27. The van der Waals surface area contributed by atoms with E-state index in [-0.39, 0.29) is 16.9 Å². The summed E-state index contributed by atoms with van der Waals surface area (Å²) in [5.41, 5.74) is 4.26. The molecule has 0 saturated carbocycles. The van der Waals surface area contributed by atoms with Crippen LogP contribution in [-0.4, -0.2) is 12.5 Å². The first-order chi connectivity index (χ1) is 15.7. The van der Waals surface area contributed by atoms with Gasteiger partial charge in [-0.15, -0.1) is 0 Å². The molecule has 0 unspecified atom stereocenters. The summed E-state index contributed by atoms with van der Waals surface area (Å²) < 4.78 is 11.9. The number of benzene rings is 3. The molecule has 1 amide bonds. The van der Waals surface area contributed by atoms with Crippen molar-refractivity contribution in [2.24, 2.45) is 0 Å². The summed E-state index contributed by atoms with van der Waals surface area (Å²) in [6, 6.07) is 15.8. The van der Waals surface area contributed by atoms with Gasteiger partial charge < -0.3 is 14.5 Å². The summed E-state index contributed by atoms with van der Waals surface area (Å²) >= 11 is 12.0. The Balaban J connectivity index is 1.71. The molecule has 3 aromatic carbocycles. The SMILES string of the molecule is Cc1ccc(-c2oc3cc(C)c(C)cc3c(=O)c2OCC(=O)Nc2cc(Cl)cc(Cl)c2)cc1. The van der Waals surface area contributed by atoms with Gasteiger partial charge in [-0.2, -0.15) is 0 Å². The number of fused-ring (bicyclic) bond motifs is 1. The van der Waals surface area contributed by atoms with Crippen molar-refractivity contribution in [2.75, 3.05) is 11.9 Å². The average molecular weight is 482 g/mol. The molecule has 0 spiro atoms. The number of hydrogen-bond acceptors (Lipinski definition) is 4. The quantitative estimate of drug-likeness (QED) is 0.343. The molecule has 5 nitrogen and oxygen atoms in total. The molecule has 0 atom stereocenters. The van der Waals surface area contributed by atoms with Gasteiger partial charge in [0, 0.05) is 21.3 Å². The van der Waals surface area contributed by atoms with Crippen LogP contribution < -0.4 is 15.5 Å². The molecule has 4 aromatic rings. The fourth-order valence-corrected chi connectivity index (χ4v) is 3.95. The molecule has 7 heteroatoms. The van der Waals surface area contributed by atoms with E-state index < -0.39 is 12.5 Å². The maximum Gasteiger partial charge on any atom is 0.262 e. The van der Waals surface area contributed by atoms with Crippen molar-refractivity contribution in [1.29, 1.82) is 0 Å². The first-order valence-corrected chi connectivity index (χ1v) is 11.0. The number of rotatable bonds is 5. The second-order valence-corrected chi connectivity index (χ2v) is 8.76. The summed E-state index contributed by atoms with van der Waals surface area (Å²) in [7, 11) is 0. The van der Waals surface area contributed by atoms with Crippen molar-refractivity contribution in [2.45, 2.75) is 20.8 Å². The average Bonchev–Trinajstić information content (AvgIpc) is 2.74. The Morgan fingerprint density at radius 2 is 1.58 bits per heavy atom. The lowest BCUT2D eigenvalue weighted by Gasteiger charge is -2.13. The van der Waals surface area contributed by atoms with Crippen LogP contribution in [0.1, 0.15) is 16.7 Å². The predicted octanol–water partition coefficient (Wildman–Crippen LogP) is 6.71. The van der Waals surface area contributed by atoms with Crippen molar-refractivity contribution in [3.8, 4) is 17.1 Å². The Morgan fingerprint density at radius 3 is 2.24 bits per heavy atom. The number of aryl methyl sites for hydroxylation is 3. The summed E-state index contributed by atoms with van der Waals surface area (Å²) in [6.45, 7) is 5.45. The minimum Gasteiger partial charge on any atom is -0.476 e. The molecule has 1 aromatic heterocycles. The lowest BCUT2D eigenvalue weighted by atomic mass is 10.0. The van der Waals surface area contributed by atoms with Gasteiger partial charge in [-0.25, -0.2) is 0 Å². The van der Waals surface area contributed by atoms with Crippen molar-refractivity contribution in [1.82, 2.24) is 0 Å². The fourth-order valence-electron chi connectivity index (χ4n) is 3.42. The van der Waals surface area contributed by atoms with Crippen molar-refractivity contribution < 1.29 is 13.9 Å². The number of anilines is 1. The second-order valence-electron chi connectivity index (χ2n) is 7.88. The van der Waals surface area contributed by atoms with Crippen LogP contribution in [0.3, 0.4) is 0 Å². The zero-order chi connectivity index (χ0) is 23.7. The van der Waals surface area contributed by atoms with E-state index in [1.807, 2.05) is 51.1 Å². The first-order valence-electron chi connectivity index (χ1n) is 10.2. The Morgan fingerprint density at radius 1 is 0.939 bits per heavy atom. The first kappa shape index (κ1) is 22.9. The molecule has 1 heterocycles. The van der Waals surface area contributed by atoms with Gasteiger partial charge in [0.15, 0.2) is 12.4 Å². The van der Waals surface area contributed by atoms with Gasteiger partial charge >= 0.3 is 0 Å². The third-order valence-corrected chi connectivity index (χ3v) is 5.71. The Labute approximate surface area is 200 Å². The van der Waals surface area contributed by atoms with Crippen molar-refractivity contribution in [3.63, 3.8) is 0 Å². The molecule has 1 N–H and O–H groups in total. The highest BCUT2D eigenvalue weighted by Crippen LogP contribution is 2.32. The number of nitrogens with one attached hydrogen (secondary N) is 1. The predicted molar refractivity (Wildman–Crippen MR) is 133 cm³/mol. The monoisotopic (exact) mass is 481 g/mol. The number of carbonyl (C=O) groups is 1. The topological polar surface area (TPSA) is 68.5 Å². The number of ether oxygens (including phenoxy) is 1. The fraction of sp³-hybridized carbons (Fsp3) is 0.154. The normalized spacial score (nSPS) is 10.9. The molecule has 0 bridgehead atoms. The number of hydrogen-bond donors (Lipinski definition) is 1. The van der Waals surface area contributed by atoms with E-state index in [0.29, 0.717) is 32.3 Å². The molecule has 0 aliphatic heterocycles. The van der Waals surface area contributed by atoms with Gasteiger partial charge in [-0.1, -0.05) is 53.0 Å². The van der Waals surface area contributed by atoms with Gasteiger partial charge in [-0.3, -0.25) is 9.59 Å². The zero-order valence-electron chi connectivity index (χ0n) is 18.3. The summed E-state index contributed by atoms with van der Waals surface area (Å²) in [5, 5.41) is 3.84. The van der Waals surface area contributed by atoms with Crippen LogP contribution >= 0.6 is 23.2 Å². The molecule has 0 aliphatic carbocycles. The van der Waals surface area contributed by atoms with Crippen LogP contribution in [0.15, 0.2) is 63.8 Å². The second kappa shape index (κ2) is 9.30. The molecule has 4 rings (SSSR count). The van der Waals surface area contributed by atoms with Gasteiger partial charge in [-0.05, 0) is 62.2 Å². The molecule has 0 saturated heterocycles. The molecular formula is C26H21Cl2NO4.